The van der Waals surface area contributed by atoms with Crippen LogP contribution in [0.2, 0.25) is 0 Å². The lowest BCUT2D eigenvalue weighted by Crippen LogP contribution is -2.61. The first-order valence-electron chi connectivity index (χ1n) is 9.26. The summed E-state index contributed by atoms with van der Waals surface area (Å²) < 4.78 is 10.1. The molecule has 8 nitrogen and oxygen atoms in total. The fourth-order valence-electron chi connectivity index (χ4n) is 2.45. The number of esters is 2. The van der Waals surface area contributed by atoms with Gasteiger partial charge in [-0.1, -0.05) is 31.2 Å². The summed E-state index contributed by atoms with van der Waals surface area (Å²) >= 11 is 0. The Morgan fingerprint density at radius 1 is 0.857 bits per heavy atom. The molecule has 0 amide bonds. The van der Waals surface area contributed by atoms with Crippen molar-refractivity contribution >= 4 is 23.5 Å². The fourth-order valence-corrected chi connectivity index (χ4v) is 2.45. The number of ketones is 2. The van der Waals surface area contributed by atoms with Crippen molar-refractivity contribution < 1.29 is 33.5 Å². The number of rotatable bonds is 12. The highest BCUT2D eigenvalue weighted by Crippen LogP contribution is 2.20. The molecule has 154 valence electrons. The lowest BCUT2D eigenvalue weighted by atomic mass is 9.90. The van der Waals surface area contributed by atoms with Crippen LogP contribution in [0, 0.1) is 0 Å². The maximum Gasteiger partial charge on any atom is 0.340 e. The highest BCUT2D eigenvalue weighted by atomic mass is 16.7. The van der Waals surface area contributed by atoms with Gasteiger partial charge in [-0.3, -0.25) is 9.59 Å². The Bertz CT molecular complexity index is 679. The molecule has 0 bridgehead atoms. The van der Waals surface area contributed by atoms with Gasteiger partial charge in [0.2, 0.25) is 17.1 Å². The summed E-state index contributed by atoms with van der Waals surface area (Å²) in [6, 6.07) is 6.09. The summed E-state index contributed by atoms with van der Waals surface area (Å²) in [6.45, 7) is 6.90. The Hall–Kier alpha value is -2.58. The third kappa shape index (κ3) is 5.71. The second-order valence-electron chi connectivity index (χ2n) is 5.86. The Morgan fingerprint density at radius 3 is 1.82 bits per heavy atom. The molecule has 0 aliphatic carbocycles. The lowest BCUT2D eigenvalue weighted by molar-refractivity contribution is -0.175. The van der Waals surface area contributed by atoms with Crippen LogP contribution in [0.3, 0.4) is 0 Å². The van der Waals surface area contributed by atoms with Crippen LogP contribution in [0.15, 0.2) is 24.3 Å². The van der Waals surface area contributed by atoms with E-state index in [0.717, 1.165) is 0 Å². The van der Waals surface area contributed by atoms with Crippen LogP contribution in [0.25, 0.3) is 0 Å². The molecule has 0 aromatic heterocycles. The van der Waals surface area contributed by atoms with Gasteiger partial charge in [0.05, 0.1) is 19.8 Å². The van der Waals surface area contributed by atoms with Gasteiger partial charge in [0.15, 0.2) is 0 Å². The number of hydroxylamine groups is 1. The summed E-state index contributed by atoms with van der Waals surface area (Å²) in [5, 5.41) is 0. The van der Waals surface area contributed by atoms with Crippen molar-refractivity contribution in [3.63, 3.8) is 0 Å². The first-order valence-corrected chi connectivity index (χ1v) is 9.26. The Morgan fingerprint density at radius 2 is 1.39 bits per heavy atom. The van der Waals surface area contributed by atoms with Crippen LogP contribution in [0.5, 0.6) is 0 Å². The van der Waals surface area contributed by atoms with Crippen LogP contribution >= 0.6 is 0 Å². The number of benzene rings is 1. The highest BCUT2D eigenvalue weighted by Gasteiger charge is 2.50. The fraction of sp³-hybridized carbons (Fsp3) is 0.500. The number of carbonyl (C=O) groups is 4. The van der Waals surface area contributed by atoms with Gasteiger partial charge in [-0.15, -0.1) is 0 Å². The maximum atomic E-state index is 12.6. The van der Waals surface area contributed by atoms with Gasteiger partial charge in [0.25, 0.3) is 0 Å². The largest absolute Gasteiger partial charge is 0.464 e. The minimum absolute atomic E-state index is 0.0698. The third-order valence-corrected chi connectivity index (χ3v) is 3.90. The molecule has 8 heteroatoms. The van der Waals surface area contributed by atoms with E-state index in [1.807, 2.05) is 0 Å². The number of ether oxygens (including phenoxy) is 2. The molecule has 0 unspecified atom stereocenters. The summed E-state index contributed by atoms with van der Waals surface area (Å²) in [4.78, 5) is 54.0. The predicted molar refractivity (Wildman–Crippen MR) is 101 cm³/mol. The monoisotopic (exact) mass is 393 g/mol. The zero-order valence-corrected chi connectivity index (χ0v) is 16.7. The molecule has 0 fully saturated rings. The topological polar surface area (TPSA) is 108 Å². The van der Waals surface area contributed by atoms with E-state index in [1.54, 1.807) is 39.8 Å². The Balaban J connectivity index is 3.23. The minimum atomic E-state index is -1.90. The van der Waals surface area contributed by atoms with Crippen molar-refractivity contribution in [2.45, 2.75) is 46.1 Å². The summed E-state index contributed by atoms with van der Waals surface area (Å²) in [7, 11) is 0. The molecule has 1 rings (SSSR count). The number of Topliss-reactive ketones (excluding diaryl/α,β-unsaturated/α-hetero) is 2. The summed E-state index contributed by atoms with van der Waals surface area (Å²) in [6.07, 6.45) is -0.00541. The number of nitrogens with one attached hydrogen (secondary N) is 1. The predicted octanol–water partition coefficient (Wildman–Crippen LogP) is 1.80. The molecule has 0 spiro atoms. The average Bonchev–Trinajstić information content (AvgIpc) is 2.70. The lowest BCUT2D eigenvalue weighted by Gasteiger charge is -2.29. The van der Waals surface area contributed by atoms with E-state index in [4.69, 9.17) is 14.3 Å². The van der Waals surface area contributed by atoms with Gasteiger partial charge in [-0.05, 0) is 26.3 Å². The van der Waals surface area contributed by atoms with Gasteiger partial charge in [0, 0.05) is 18.4 Å². The molecule has 28 heavy (non-hydrogen) atoms. The summed E-state index contributed by atoms with van der Waals surface area (Å²) in [5.74, 6) is -2.73. The molecule has 0 atom stereocenters. The second-order valence-corrected chi connectivity index (χ2v) is 5.86. The van der Waals surface area contributed by atoms with E-state index in [0.29, 0.717) is 5.56 Å². The molecule has 0 radical (unpaired) electrons. The van der Waals surface area contributed by atoms with E-state index in [2.05, 4.69) is 5.48 Å². The van der Waals surface area contributed by atoms with E-state index < -0.39 is 29.0 Å². The molecule has 1 aromatic rings. The highest BCUT2D eigenvalue weighted by molar-refractivity contribution is 6.43. The summed E-state index contributed by atoms with van der Waals surface area (Å²) in [5.41, 5.74) is 1.39. The van der Waals surface area contributed by atoms with Crippen molar-refractivity contribution in [1.29, 1.82) is 0 Å². The molecular weight excluding hydrogens is 366 g/mol. The maximum absolute atomic E-state index is 12.6. The Labute approximate surface area is 164 Å². The van der Waals surface area contributed by atoms with E-state index in [-0.39, 0.29) is 38.2 Å². The zero-order valence-electron chi connectivity index (χ0n) is 16.7. The third-order valence-electron chi connectivity index (χ3n) is 3.90. The smallest absolute Gasteiger partial charge is 0.340 e. The van der Waals surface area contributed by atoms with E-state index >= 15 is 0 Å². The van der Waals surface area contributed by atoms with Gasteiger partial charge >= 0.3 is 11.9 Å². The van der Waals surface area contributed by atoms with Gasteiger partial charge in [-0.25, -0.2) is 9.59 Å². The molecule has 0 saturated heterocycles. The van der Waals surface area contributed by atoms with Crippen molar-refractivity contribution in [2.24, 2.45) is 0 Å². The van der Waals surface area contributed by atoms with Crippen molar-refractivity contribution in [3.8, 4) is 0 Å². The molecular formula is C20H27NO7. The van der Waals surface area contributed by atoms with Crippen LogP contribution in [-0.4, -0.2) is 48.9 Å². The van der Waals surface area contributed by atoms with E-state index in [9.17, 15) is 19.2 Å². The van der Waals surface area contributed by atoms with Crippen LogP contribution < -0.4 is 5.48 Å². The first kappa shape index (κ1) is 23.5. The van der Waals surface area contributed by atoms with Crippen LogP contribution in [-0.2, 0) is 35.1 Å². The average molecular weight is 393 g/mol. The van der Waals surface area contributed by atoms with Crippen LogP contribution in [0.4, 0.5) is 0 Å². The normalized spacial score (nSPS) is 11.0. The molecule has 0 saturated carbocycles. The standard InChI is InChI=1S/C20H27NO7/c1-5-16(22)17(23)15-11-9-14(10-12-15)13-20(21-28-8-4,18(24)26-6-2)19(25)27-7-3/h9-12,21H,5-8,13H2,1-4H3. The van der Waals surface area contributed by atoms with Gasteiger partial charge in [-0.2, -0.15) is 5.48 Å². The van der Waals surface area contributed by atoms with Crippen molar-refractivity contribution in [2.75, 3.05) is 19.8 Å². The molecule has 0 aliphatic heterocycles. The number of hydrogen-bond acceptors (Lipinski definition) is 8. The van der Waals surface area contributed by atoms with Crippen LogP contribution in [0.1, 0.15) is 50.0 Å². The van der Waals surface area contributed by atoms with E-state index in [1.165, 1.54) is 12.1 Å². The van der Waals surface area contributed by atoms with Gasteiger partial charge in [0.1, 0.15) is 0 Å². The first-order chi connectivity index (χ1) is 13.4. The van der Waals surface area contributed by atoms with Crippen molar-refractivity contribution in [1.82, 2.24) is 5.48 Å². The SMILES string of the molecule is CCONC(Cc1ccc(C(=O)C(=O)CC)cc1)(C(=O)OCC)C(=O)OCC. The van der Waals surface area contributed by atoms with Gasteiger partial charge < -0.3 is 14.3 Å². The molecule has 1 N–H and O–H groups in total. The second kappa shape index (κ2) is 11.3. The minimum Gasteiger partial charge on any atom is -0.464 e. The van der Waals surface area contributed by atoms with Crippen molar-refractivity contribution in [3.05, 3.63) is 35.4 Å². The molecule has 0 aliphatic rings. The number of hydrogen-bond donors (Lipinski definition) is 1. The number of carbonyl (C=O) groups excluding carboxylic acids is 4. The molecule has 0 heterocycles. The zero-order chi connectivity index (χ0) is 21.2. The molecule has 1 aromatic carbocycles. The Kier molecular flexibility index (Phi) is 9.47. The quantitative estimate of drug-likeness (QED) is 0.188.